The Balaban J connectivity index is 2.32. The largest absolute Gasteiger partial charge is 0.478 e. The van der Waals surface area contributed by atoms with Crippen LogP contribution >= 0.6 is 0 Å². The molecule has 100 valence electrons. The zero-order valence-electron chi connectivity index (χ0n) is 11.3. The Labute approximate surface area is 112 Å². The minimum atomic E-state index is -0.916. The number of para-hydroxylation sites is 1. The molecule has 0 bridgehead atoms. The van der Waals surface area contributed by atoms with Crippen molar-refractivity contribution in [3.63, 3.8) is 0 Å². The Kier molecular flexibility index (Phi) is 3.60. The van der Waals surface area contributed by atoms with Crippen LogP contribution in [0.3, 0.4) is 0 Å². The van der Waals surface area contributed by atoms with Crippen LogP contribution in [0.2, 0.25) is 0 Å². The van der Waals surface area contributed by atoms with E-state index in [1.165, 1.54) is 0 Å². The second-order valence-corrected chi connectivity index (χ2v) is 4.64. The highest BCUT2D eigenvalue weighted by Gasteiger charge is 2.16. The molecule has 0 spiro atoms. The second-order valence-electron chi connectivity index (χ2n) is 4.64. The lowest BCUT2D eigenvalue weighted by Gasteiger charge is -2.22. The molecule has 0 aliphatic heterocycles. The summed E-state index contributed by atoms with van der Waals surface area (Å²) in [6.07, 6.45) is 0. The van der Waals surface area contributed by atoms with Crippen molar-refractivity contribution in [1.82, 2.24) is 0 Å². The predicted molar refractivity (Wildman–Crippen MR) is 73.7 cm³/mol. The summed E-state index contributed by atoms with van der Waals surface area (Å²) in [6.45, 7) is 4.34. The molecule has 0 saturated heterocycles. The molecule has 1 aromatic heterocycles. The van der Waals surface area contributed by atoms with Crippen molar-refractivity contribution in [2.24, 2.45) is 0 Å². The van der Waals surface area contributed by atoms with E-state index in [-0.39, 0.29) is 0 Å². The topological polar surface area (TPSA) is 53.7 Å². The molecule has 1 aromatic carbocycles. The number of nitrogens with zero attached hydrogens (tertiary/aromatic N) is 1. The highest BCUT2D eigenvalue weighted by Crippen LogP contribution is 2.26. The van der Waals surface area contributed by atoms with Crippen LogP contribution in [0.25, 0.3) is 0 Å². The van der Waals surface area contributed by atoms with Crippen molar-refractivity contribution in [2.75, 3.05) is 11.9 Å². The number of carbonyl (C=O) groups is 1. The molecule has 1 heterocycles. The third-order valence-corrected chi connectivity index (χ3v) is 3.04. The molecule has 2 aromatic rings. The highest BCUT2D eigenvalue weighted by molar-refractivity contribution is 5.95. The molecule has 0 aliphatic rings. The van der Waals surface area contributed by atoms with E-state index in [1.807, 2.05) is 44.0 Å². The minimum Gasteiger partial charge on any atom is -0.478 e. The summed E-state index contributed by atoms with van der Waals surface area (Å²) in [7, 11) is 1.87. The maximum atomic E-state index is 11.3. The lowest BCUT2D eigenvalue weighted by atomic mass is 10.1. The third-order valence-electron chi connectivity index (χ3n) is 3.04. The molecular weight excluding hydrogens is 242 g/mol. The molecule has 4 nitrogen and oxygen atoms in total. The van der Waals surface area contributed by atoms with Crippen LogP contribution in [-0.2, 0) is 6.54 Å². The average Bonchev–Trinajstić information content (AvgIpc) is 2.74. The SMILES string of the molecule is Cc1ccc(CN(C)c2c(C)cccc2C(=O)O)o1. The van der Waals surface area contributed by atoms with Gasteiger partial charge >= 0.3 is 5.97 Å². The molecule has 19 heavy (non-hydrogen) atoms. The quantitative estimate of drug-likeness (QED) is 0.915. The number of rotatable bonds is 4. The fourth-order valence-corrected chi connectivity index (χ4v) is 2.22. The first-order chi connectivity index (χ1) is 8.99. The first-order valence-corrected chi connectivity index (χ1v) is 6.08. The number of anilines is 1. The molecule has 0 fully saturated rings. The Hall–Kier alpha value is -2.23. The van der Waals surface area contributed by atoms with Gasteiger partial charge in [-0.2, -0.15) is 0 Å². The summed E-state index contributed by atoms with van der Waals surface area (Å²) >= 11 is 0. The van der Waals surface area contributed by atoms with Crippen LogP contribution < -0.4 is 4.90 Å². The number of hydrogen-bond donors (Lipinski definition) is 1. The van der Waals surface area contributed by atoms with Crippen LogP contribution in [0.15, 0.2) is 34.7 Å². The van der Waals surface area contributed by atoms with Crippen molar-refractivity contribution in [3.8, 4) is 0 Å². The van der Waals surface area contributed by atoms with Gasteiger partial charge in [-0.05, 0) is 37.6 Å². The van der Waals surface area contributed by atoms with Gasteiger partial charge in [0.2, 0.25) is 0 Å². The van der Waals surface area contributed by atoms with Crippen LogP contribution in [0, 0.1) is 13.8 Å². The van der Waals surface area contributed by atoms with Gasteiger partial charge in [-0.15, -0.1) is 0 Å². The summed E-state index contributed by atoms with van der Waals surface area (Å²) in [4.78, 5) is 13.2. The molecule has 0 atom stereocenters. The zero-order chi connectivity index (χ0) is 14.0. The fraction of sp³-hybridized carbons (Fsp3) is 0.267. The van der Waals surface area contributed by atoms with Gasteiger partial charge in [-0.1, -0.05) is 12.1 Å². The first kappa shape index (κ1) is 13.2. The van der Waals surface area contributed by atoms with E-state index in [0.29, 0.717) is 12.1 Å². The van der Waals surface area contributed by atoms with E-state index in [0.717, 1.165) is 22.8 Å². The maximum Gasteiger partial charge on any atom is 0.337 e. The van der Waals surface area contributed by atoms with Gasteiger partial charge in [0.25, 0.3) is 0 Å². The molecular formula is C15H17NO3. The number of hydrogen-bond acceptors (Lipinski definition) is 3. The van der Waals surface area contributed by atoms with E-state index >= 15 is 0 Å². The van der Waals surface area contributed by atoms with E-state index in [2.05, 4.69) is 0 Å². The monoisotopic (exact) mass is 259 g/mol. The van der Waals surface area contributed by atoms with E-state index in [9.17, 15) is 9.90 Å². The first-order valence-electron chi connectivity index (χ1n) is 6.08. The van der Waals surface area contributed by atoms with Gasteiger partial charge in [0.05, 0.1) is 17.8 Å². The molecule has 0 unspecified atom stereocenters. The Morgan fingerprint density at radius 3 is 2.58 bits per heavy atom. The summed E-state index contributed by atoms with van der Waals surface area (Å²) in [5.41, 5.74) is 1.97. The van der Waals surface area contributed by atoms with Crippen LogP contribution in [0.1, 0.15) is 27.4 Å². The number of benzene rings is 1. The normalized spacial score (nSPS) is 10.5. The Morgan fingerprint density at radius 1 is 1.26 bits per heavy atom. The molecule has 0 amide bonds. The number of carboxylic acids is 1. The zero-order valence-corrected chi connectivity index (χ0v) is 11.3. The van der Waals surface area contributed by atoms with E-state index in [4.69, 9.17) is 4.42 Å². The summed E-state index contributed by atoms with van der Waals surface area (Å²) in [6, 6.07) is 9.09. The summed E-state index contributed by atoms with van der Waals surface area (Å²) < 4.78 is 5.53. The van der Waals surface area contributed by atoms with E-state index < -0.39 is 5.97 Å². The van der Waals surface area contributed by atoms with Crippen molar-refractivity contribution >= 4 is 11.7 Å². The van der Waals surface area contributed by atoms with Gasteiger partial charge in [-0.3, -0.25) is 0 Å². The van der Waals surface area contributed by atoms with Crippen molar-refractivity contribution < 1.29 is 14.3 Å². The van der Waals surface area contributed by atoms with E-state index in [1.54, 1.807) is 12.1 Å². The van der Waals surface area contributed by atoms with Gasteiger partial charge in [0.1, 0.15) is 11.5 Å². The molecule has 0 saturated carbocycles. The molecule has 0 aliphatic carbocycles. The molecule has 0 radical (unpaired) electrons. The van der Waals surface area contributed by atoms with Crippen LogP contribution in [-0.4, -0.2) is 18.1 Å². The van der Waals surface area contributed by atoms with Crippen molar-refractivity contribution in [3.05, 3.63) is 53.0 Å². The second kappa shape index (κ2) is 5.18. The summed E-state index contributed by atoms with van der Waals surface area (Å²) in [5, 5.41) is 9.26. The lowest BCUT2D eigenvalue weighted by molar-refractivity contribution is 0.0697. The number of aromatic carboxylic acids is 1. The Morgan fingerprint density at radius 2 is 2.00 bits per heavy atom. The van der Waals surface area contributed by atoms with Gasteiger partial charge < -0.3 is 14.4 Å². The average molecular weight is 259 g/mol. The van der Waals surface area contributed by atoms with Crippen molar-refractivity contribution in [1.29, 1.82) is 0 Å². The number of carboxylic acid groups (broad SMARTS) is 1. The lowest BCUT2D eigenvalue weighted by Crippen LogP contribution is -2.20. The standard InChI is InChI=1S/C15H17NO3/c1-10-5-4-6-13(15(17)18)14(10)16(3)9-12-8-7-11(2)19-12/h4-8H,9H2,1-3H3,(H,17,18). The maximum absolute atomic E-state index is 11.3. The van der Waals surface area contributed by atoms with Crippen molar-refractivity contribution in [2.45, 2.75) is 20.4 Å². The van der Waals surface area contributed by atoms with Gasteiger partial charge in [0, 0.05) is 7.05 Å². The number of aryl methyl sites for hydroxylation is 2. The fourth-order valence-electron chi connectivity index (χ4n) is 2.22. The third kappa shape index (κ3) is 2.78. The molecule has 1 N–H and O–H groups in total. The predicted octanol–water partition coefficient (Wildman–Crippen LogP) is 3.23. The van der Waals surface area contributed by atoms with Gasteiger partial charge in [0.15, 0.2) is 0 Å². The molecule has 4 heteroatoms. The summed E-state index contributed by atoms with van der Waals surface area (Å²) in [5.74, 6) is 0.757. The van der Waals surface area contributed by atoms with Gasteiger partial charge in [-0.25, -0.2) is 4.79 Å². The highest BCUT2D eigenvalue weighted by atomic mass is 16.4. The minimum absolute atomic E-state index is 0.311. The smallest absolute Gasteiger partial charge is 0.337 e. The van der Waals surface area contributed by atoms with Crippen LogP contribution in [0.4, 0.5) is 5.69 Å². The number of furan rings is 1. The Bertz CT molecular complexity index is 601. The molecule has 2 rings (SSSR count). The van der Waals surface area contributed by atoms with Crippen LogP contribution in [0.5, 0.6) is 0 Å².